The number of aromatic nitrogens is 1. The van der Waals surface area contributed by atoms with Gasteiger partial charge in [-0.15, -0.1) is 0 Å². The van der Waals surface area contributed by atoms with Crippen molar-refractivity contribution in [3.63, 3.8) is 0 Å². The Bertz CT molecular complexity index is 380. The van der Waals surface area contributed by atoms with E-state index < -0.39 is 12.1 Å². The summed E-state index contributed by atoms with van der Waals surface area (Å²) in [4.78, 5) is 16.5. The highest BCUT2D eigenvalue weighted by Crippen LogP contribution is 2.19. The van der Waals surface area contributed by atoms with Crippen molar-refractivity contribution in [3.8, 4) is 0 Å². The topological polar surface area (TPSA) is 53.4 Å². The van der Waals surface area contributed by atoms with Gasteiger partial charge in [-0.1, -0.05) is 6.07 Å². The second-order valence-electron chi connectivity index (χ2n) is 3.93. The van der Waals surface area contributed by atoms with E-state index in [1.54, 1.807) is 12.1 Å². The van der Waals surface area contributed by atoms with E-state index in [0.717, 1.165) is 0 Å². The number of nitrogens with zero attached hydrogens (tertiary/aromatic N) is 2. The van der Waals surface area contributed by atoms with Crippen molar-refractivity contribution in [1.82, 2.24) is 4.98 Å². The molecule has 0 spiro atoms. The maximum Gasteiger partial charge on any atom is 0.307 e. The van der Waals surface area contributed by atoms with E-state index in [9.17, 15) is 9.18 Å². The summed E-state index contributed by atoms with van der Waals surface area (Å²) >= 11 is 0. The number of aliphatic carboxylic acids is 1. The van der Waals surface area contributed by atoms with Crippen LogP contribution in [0.15, 0.2) is 18.3 Å². The van der Waals surface area contributed by atoms with Crippen molar-refractivity contribution in [3.05, 3.63) is 23.9 Å². The molecule has 5 heteroatoms. The lowest BCUT2D eigenvalue weighted by Gasteiger charge is -2.15. The van der Waals surface area contributed by atoms with Crippen LogP contribution in [0.1, 0.15) is 12.0 Å². The third-order valence-corrected chi connectivity index (χ3v) is 2.62. The molecule has 4 nitrogen and oxygen atoms in total. The van der Waals surface area contributed by atoms with Crippen LogP contribution in [0.5, 0.6) is 0 Å². The Balaban J connectivity index is 2.04. The van der Waals surface area contributed by atoms with Gasteiger partial charge in [0, 0.05) is 12.7 Å². The second kappa shape index (κ2) is 4.47. The summed E-state index contributed by atoms with van der Waals surface area (Å²) in [5, 5.41) is 8.59. The van der Waals surface area contributed by atoms with Gasteiger partial charge in [0.15, 0.2) is 0 Å². The van der Waals surface area contributed by atoms with Gasteiger partial charge in [-0.25, -0.2) is 9.37 Å². The average molecular weight is 224 g/mol. The van der Waals surface area contributed by atoms with Gasteiger partial charge in [-0.05, 0) is 18.1 Å². The zero-order valence-electron chi connectivity index (χ0n) is 8.77. The summed E-state index contributed by atoms with van der Waals surface area (Å²) in [6, 6.07) is 3.47. The van der Waals surface area contributed by atoms with Crippen LogP contribution < -0.4 is 4.90 Å². The Labute approximate surface area is 92.7 Å². The molecule has 0 radical (unpaired) electrons. The Morgan fingerprint density at radius 3 is 2.94 bits per heavy atom. The first kappa shape index (κ1) is 10.9. The molecule has 1 unspecified atom stereocenters. The second-order valence-corrected chi connectivity index (χ2v) is 3.93. The number of halogens is 1. The van der Waals surface area contributed by atoms with Crippen molar-refractivity contribution < 1.29 is 14.3 Å². The number of pyridine rings is 1. The number of hydrogen-bond acceptors (Lipinski definition) is 3. The van der Waals surface area contributed by atoms with Crippen molar-refractivity contribution in [1.29, 1.82) is 0 Å². The molecule has 0 saturated carbocycles. The summed E-state index contributed by atoms with van der Waals surface area (Å²) in [7, 11) is 0. The van der Waals surface area contributed by atoms with Crippen molar-refractivity contribution >= 4 is 11.8 Å². The molecule has 1 atom stereocenters. The Hall–Kier alpha value is -1.65. The molecular formula is C11H13FN2O2. The Morgan fingerprint density at radius 2 is 2.44 bits per heavy atom. The number of carboxylic acid groups (broad SMARTS) is 1. The summed E-state index contributed by atoms with van der Waals surface area (Å²) in [5.41, 5.74) is 0.659. The fourth-order valence-corrected chi connectivity index (χ4v) is 1.81. The van der Waals surface area contributed by atoms with E-state index in [2.05, 4.69) is 4.98 Å². The van der Waals surface area contributed by atoms with Gasteiger partial charge in [-0.3, -0.25) is 4.79 Å². The van der Waals surface area contributed by atoms with E-state index in [1.807, 2.05) is 4.90 Å². The highest BCUT2D eigenvalue weighted by Gasteiger charge is 2.22. The van der Waals surface area contributed by atoms with Crippen LogP contribution in [0, 0.1) is 0 Å². The van der Waals surface area contributed by atoms with Crippen molar-refractivity contribution in [2.45, 2.75) is 19.0 Å². The number of carbonyl (C=O) groups is 1. The average Bonchev–Trinajstić information content (AvgIpc) is 2.65. The van der Waals surface area contributed by atoms with E-state index in [1.165, 1.54) is 6.20 Å². The van der Waals surface area contributed by atoms with E-state index in [4.69, 9.17) is 5.11 Å². The molecule has 0 bridgehead atoms. The third kappa shape index (κ3) is 2.48. The standard InChI is InChI=1S/C11H13FN2O2/c12-9-3-4-14(7-9)10-2-1-8(6-13-10)5-11(15)16/h1-2,6,9H,3-5,7H2,(H,15,16). The van der Waals surface area contributed by atoms with Crippen LogP contribution in [0.25, 0.3) is 0 Å². The summed E-state index contributed by atoms with van der Waals surface area (Å²) < 4.78 is 13.0. The van der Waals surface area contributed by atoms with E-state index in [0.29, 0.717) is 30.9 Å². The van der Waals surface area contributed by atoms with E-state index in [-0.39, 0.29) is 6.42 Å². The first-order chi connectivity index (χ1) is 7.65. The van der Waals surface area contributed by atoms with Gasteiger partial charge in [-0.2, -0.15) is 0 Å². The minimum absolute atomic E-state index is 0.0288. The Morgan fingerprint density at radius 1 is 1.62 bits per heavy atom. The molecule has 2 heterocycles. The predicted octanol–water partition coefficient (Wildman–Crippen LogP) is 1.26. The van der Waals surface area contributed by atoms with Gasteiger partial charge < -0.3 is 10.0 Å². The van der Waals surface area contributed by atoms with Gasteiger partial charge in [0.25, 0.3) is 0 Å². The molecule has 1 fully saturated rings. The van der Waals surface area contributed by atoms with Gasteiger partial charge in [0.05, 0.1) is 13.0 Å². The number of anilines is 1. The quantitative estimate of drug-likeness (QED) is 0.839. The molecule has 1 aliphatic heterocycles. The number of rotatable bonds is 3. The van der Waals surface area contributed by atoms with Gasteiger partial charge in [0.1, 0.15) is 12.0 Å². The minimum Gasteiger partial charge on any atom is -0.481 e. The van der Waals surface area contributed by atoms with Crippen LogP contribution in [-0.4, -0.2) is 35.3 Å². The smallest absolute Gasteiger partial charge is 0.307 e. The zero-order chi connectivity index (χ0) is 11.5. The van der Waals surface area contributed by atoms with E-state index >= 15 is 0 Å². The van der Waals surface area contributed by atoms with Crippen LogP contribution in [0.3, 0.4) is 0 Å². The monoisotopic (exact) mass is 224 g/mol. The van der Waals surface area contributed by atoms with Gasteiger partial charge in [0.2, 0.25) is 0 Å². The van der Waals surface area contributed by atoms with Crippen molar-refractivity contribution in [2.24, 2.45) is 0 Å². The first-order valence-electron chi connectivity index (χ1n) is 5.21. The molecule has 1 aliphatic rings. The molecule has 0 aliphatic carbocycles. The van der Waals surface area contributed by atoms with Crippen LogP contribution in [-0.2, 0) is 11.2 Å². The molecule has 16 heavy (non-hydrogen) atoms. The summed E-state index contributed by atoms with van der Waals surface area (Å²) in [5.74, 6) is -0.158. The fourth-order valence-electron chi connectivity index (χ4n) is 1.81. The molecule has 1 saturated heterocycles. The molecule has 86 valence electrons. The molecule has 0 amide bonds. The van der Waals surface area contributed by atoms with Crippen LogP contribution in [0.2, 0.25) is 0 Å². The lowest BCUT2D eigenvalue weighted by atomic mass is 10.2. The molecule has 0 aromatic carbocycles. The number of carboxylic acids is 1. The SMILES string of the molecule is O=C(O)Cc1ccc(N2CCC(F)C2)nc1. The largest absolute Gasteiger partial charge is 0.481 e. The maximum atomic E-state index is 13.0. The lowest BCUT2D eigenvalue weighted by Crippen LogP contribution is -2.21. The lowest BCUT2D eigenvalue weighted by molar-refractivity contribution is -0.136. The molecular weight excluding hydrogens is 211 g/mol. The normalized spacial score (nSPS) is 20.1. The third-order valence-electron chi connectivity index (χ3n) is 2.62. The number of alkyl halides is 1. The highest BCUT2D eigenvalue weighted by molar-refractivity contribution is 5.70. The number of hydrogen-bond donors (Lipinski definition) is 1. The fraction of sp³-hybridized carbons (Fsp3) is 0.455. The van der Waals surface area contributed by atoms with Crippen molar-refractivity contribution in [2.75, 3.05) is 18.0 Å². The molecule has 1 N–H and O–H groups in total. The zero-order valence-corrected chi connectivity index (χ0v) is 8.77. The molecule has 1 aromatic rings. The van der Waals surface area contributed by atoms with Crippen LogP contribution in [0.4, 0.5) is 10.2 Å². The maximum absolute atomic E-state index is 13.0. The summed E-state index contributed by atoms with van der Waals surface area (Å²) in [6.07, 6.45) is 1.27. The Kier molecular flexibility index (Phi) is 3.03. The predicted molar refractivity (Wildman–Crippen MR) is 57.3 cm³/mol. The molecule has 2 rings (SSSR count). The minimum atomic E-state index is -0.875. The van der Waals surface area contributed by atoms with Crippen LogP contribution >= 0.6 is 0 Å². The van der Waals surface area contributed by atoms with Gasteiger partial charge >= 0.3 is 5.97 Å². The highest BCUT2D eigenvalue weighted by atomic mass is 19.1. The summed E-state index contributed by atoms with van der Waals surface area (Å²) in [6.45, 7) is 1.05. The first-order valence-corrected chi connectivity index (χ1v) is 5.21. The molecule has 1 aromatic heterocycles.